The van der Waals surface area contributed by atoms with E-state index in [1.807, 2.05) is 13.8 Å². The molecule has 138 valence electrons. The van der Waals surface area contributed by atoms with Gasteiger partial charge in [-0.2, -0.15) is 4.31 Å². The number of nitrogens with two attached hydrogens (primary N) is 1. The molecule has 1 atom stereocenters. The first-order chi connectivity index (χ1) is 11.8. The molecule has 0 spiro atoms. The summed E-state index contributed by atoms with van der Waals surface area (Å²) in [6.07, 6.45) is 2.69. The van der Waals surface area contributed by atoms with Crippen molar-refractivity contribution in [2.75, 3.05) is 31.9 Å². The molecule has 8 nitrogen and oxygen atoms in total. The largest absolute Gasteiger partial charge is 0.383 e. The van der Waals surface area contributed by atoms with Crippen LogP contribution in [0.5, 0.6) is 0 Å². The Balaban J connectivity index is 2.21. The van der Waals surface area contributed by atoms with Gasteiger partial charge in [-0.05, 0) is 38.8 Å². The lowest BCUT2D eigenvalue weighted by Gasteiger charge is -2.33. The zero-order valence-electron chi connectivity index (χ0n) is 14.6. The van der Waals surface area contributed by atoms with Crippen LogP contribution in [0.2, 0.25) is 0 Å². The van der Waals surface area contributed by atoms with E-state index in [1.54, 1.807) is 11.0 Å². The molecule has 2 heterocycles. The highest BCUT2D eigenvalue weighted by Crippen LogP contribution is 2.24. The number of rotatable bonds is 5. The SMILES string of the molecule is CCN(CC)C(=O)C1CCCN(S(=O)(=O)C(=N)c2cccnc2N)C1. The number of aromatic nitrogens is 1. The number of pyridine rings is 1. The fraction of sp³-hybridized carbons (Fsp3) is 0.562. The van der Waals surface area contributed by atoms with Crippen molar-refractivity contribution in [1.82, 2.24) is 14.2 Å². The number of sulfonamides is 1. The molecule has 1 fully saturated rings. The van der Waals surface area contributed by atoms with E-state index in [0.717, 1.165) is 0 Å². The molecule has 25 heavy (non-hydrogen) atoms. The van der Waals surface area contributed by atoms with Crippen LogP contribution in [0.4, 0.5) is 5.82 Å². The predicted molar refractivity (Wildman–Crippen MR) is 96.6 cm³/mol. The van der Waals surface area contributed by atoms with E-state index in [9.17, 15) is 13.2 Å². The predicted octanol–water partition coefficient (Wildman–Crippen LogP) is 0.899. The second-order valence-electron chi connectivity index (χ2n) is 5.98. The summed E-state index contributed by atoms with van der Waals surface area (Å²) >= 11 is 0. The van der Waals surface area contributed by atoms with E-state index < -0.39 is 15.1 Å². The van der Waals surface area contributed by atoms with Crippen molar-refractivity contribution < 1.29 is 13.2 Å². The van der Waals surface area contributed by atoms with Crippen molar-refractivity contribution in [2.45, 2.75) is 26.7 Å². The fourth-order valence-corrected chi connectivity index (χ4v) is 4.49. The third-order valence-corrected chi connectivity index (χ3v) is 6.24. The summed E-state index contributed by atoms with van der Waals surface area (Å²) in [6, 6.07) is 3.00. The van der Waals surface area contributed by atoms with E-state index in [-0.39, 0.29) is 29.8 Å². The van der Waals surface area contributed by atoms with E-state index in [4.69, 9.17) is 11.1 Å². The van der Waals surface area contributed by atoms with Crippen LogP contribution in [0.15, 0.2) is 18.3 Å². The van der Waals surface area contributed by atoms with E-state index >= 15 is 0 Å². The molecule has 1 aliphatic heterocycles. The molecular weight excluding hydrogens is 342 g/mol. The number of amides is 1. The zero-order chi connectivity index (χ0) is 18.6. The minimum atomic E-state index is -4.02. The van der Waals surface area contributed by atoms with Crippen LogP contribution in [0.25, 0.3) is 0 Å². The Morgan fingerprint density at radius 2 is 2.12 bits per heavy atom. The summed E-state index contributed by atoms with van der Waals surface area (Å²) in [6.45, 7) is 5.40. The van der Waals surface area contributed by atoms with E-state index in [1.165, 1.54) is 16.6 Å². The quantitative estimate of drug-likeness (QED) is 0.592. The Kier molecular flexibility index (Phi) is 6.12. The van der Waals surface area contributed by atoms with Gasteiger partial charge in [0, 0.05) is 32.4 Å². The lowest BCUT2D eigenvalue weighted by molar-refractivity contribution is -0.136. The molecular formula is C16H25N5O3S. The maximum atomic E-state index is 12.8. The van der Waals surface area contributed by atoms with Crippen molar-refractivity contribution in [3.63, 3.8) is 0 Å². The Morgan fingerprint density at radius 1 is 1.44 bits per heavy atom. The molecule has 1 aromatic heterocycles. The summed E-state index contributed by atoms with van der Waals surface area (Å²) in [5.74, 6) is -0.399. The van der Waals surface area contributed by atoms with Gasteiger partial charge < -0.3 is 10.6 Å². The van der Waals surface area contributed by atoms with Crippen molar-refractivity contribution in [3.05, 3.63) is 23.9 Å². The molecule has 9 heteroatoms. The lowest BCUT2D eigenvalue weighted by atomic mass is 9.98. The minimum Gasteiger partial charge on any atom is -0.383 e. The number of nitrogens with zero attached hydrogens (tertiary/aromatic N) is 3. The first-order valence-electron chi connectivity index (χ1n) is 8.41. The Morgan fingerprint density at radius 3 is 2.72 bits per heavy atom. The highest BCUT2D eigenvalue weighted by Gasteiger charge is 2.36. The van der Waals surface area contributed by atoms with Crippen molar-refractivity contribution in [1.29, 1.82) is 5.41 Å². The lowest BCUT2D eigenvalue weighted by Crippen LogP contribution is -2.48. The third kappa shape index (κ3) is 3.98. The maximum absolute atomic E-state index is 12.8. The second-order valence-corrected chi connectivity index (χ2v) is 7.85. The molecule has 0 saturated carbocycles. The van der Waals surface area contributed by atoms with Gasteiger partial charge in [-0.15, -0.1) is 0 Å². The van der Waals surface area contributed by atoms with Gasteiger partial charge in [-0.1, -0.05) is 0 Å². The van der Waals surface area contributed by atoms with Gasteiger partial charge in [0.25, 0.3) is 10.0 Å². The molecule has 2 rings (SSSR count). The molecule has 1 unspecified atom stereocenters. The van der Waals surface area contributed by atoms with Gasteiger partial charge in [0.15, 0.2) is 5.04 Å². The molecule has 0 aliphatic carbocycles. The van der Waals surface area contributed by atoms with Crippen LogP contribution < -0.4 is 5.73 Å². The number of hydrogen-bond donors (Lipinski definition) is 2. The summed E-state index contributed by atoms with van der Waals surface area (Å²) in [5.41, 5.74) is 5.79. The van der Waals surface area contributed by atoms with Crippen LogP contribution in [0.3, 0.4) is 0 Å². The molecule has 1 amide bonds. The first kappa shape index (κ1) is 19.3. The van der Waals surface area contributed by atoms with Crippen LogP contribution in [-0.2, 0) is 14.8 Å². The van der Waals surface area contributed by atoms with Crippen molar-refractivity contribution in [2.24, 2.45) is 5.92 Å². The highest BCUT2D eigenvalue weighted by atomic mass is 32.2. The molecule has 1 aromatic rings. The smallest absolute Gasteiger partial charge is 0.260 e. The van der Waals surface area contributed by atoms with Gasteiger partial charge in [0.2, 0.25) is 5.91 Å². The second kappa shape index (κ2) is 7.92. The number of nitrogens with one attached hydrogen (secondary N) is 1. The van der Waals surface area contributed by atoms with Crippen LogP contribution in [0.1, 0.15) is 32.3 Å². The molecule has 0 radical (unpaired) electrons. The number of nitrogen functional groups attached to an aromatic ring is 1. The molecule has 1 aliphatic rings. The average molecular weight is 367 g/mol. The van der Waals surface area contributed by atoms with Crippen LogP contribution in [0, 0.1) is 11.3 Å². The number of anilines is 1. The normalized spacial score (nSPS) is 18.7. The third-order valence-electron chi connectivity index (χ3n) is 4.49. The molecule has 0 aromatic carbocycles. The van der Waals surface area contributed by atoms with E-state index in [2.05, 4.69) is 4.98 Å². The summed E-state index contributed by atoms with van der Waals surface area (Å²) in [4.78, 5) is 18.1. The van der Waals surface area contributed by atoms with Crippen LogP contribution >= 0.6 is 0 Å². The Hall–Kier alpha value is -2.00. The topological polar surface area (TPSA) is 120 Å². The average Bonchev–Trinajstić information content (AvgIpc) is 2.62. The van der Waals surface area contributed by atoms with Crippen LogP contribution in [-0.4, -0.2) is 59.7 Å². The van der Waals surface area contributed by atoms with E-state index in [0.29, 0.717) is 32.5 Å². The van der Waals surface area contributed by atoms with Gasteiger partial charge >= 0.3 is 0 Å². The van der Waals surface area contributed by atoms with Crippen molar-refractivity contribution >= 4 is 26.8 Å². The summed E-state index contributed by atoms with van der Waals surface area (Å²) in [7, 11) is -4.02. The Bertz CT molecular complexity index is 746. The van der Waals surface area contributed by atoms with Gasteiger partial charge in [-0.3, -0.25) is 10.2 Å². The molecule has 1 saturated heterocycles. The van der Waals surface area contributed by atoms with Gasteiger partial charge in [-0.25, -0.2) is 13.4 Å². The summed E-state index contributed by atoms with van der Waals surface area (Å²) in [5, 5.41) is 7.52. The molecule has 3 N–H and O–H groups in total. The minimum absolute atomic E-state index is 0.00357. The van der Waals surface area contributed by atoms with Gasteiger partial charge in [0.05, 0.1) is 11.5 Å². The number of carbonyl (C=O) groups excluding carboxylic acids is 1. The number of carbonyl (C=O) groups is 1. The monoisotopic (exact) mass is 367 g/mol. The Labute approximate surface area is 148 Å². The fourth-order valence-electron chi connectivity index (χ4n) is 3.03. The van der Waals surface area contributed by atoms with Gasteiger partial charge in [0.1, 0.15) is 5.82 Å². The molecule has 0 bridgehead atoms. The number of hydrogen-bond acceptors (Lipinski definition) is 6. The highest BCUT2D eigenvalue weighted by molar-refractivity contribution is 8.04. The zero-order valence-corrected chi connectivity index (χ0v) is 15.4. The standard InChI is InChI=1S/C16H25N5O3S/c1-3-20(4-2)16(22)12-7-6-10-21(11-12)25(23,24)15(18)13-8-5-9-19-14(13)17/h5,8-9,12,18H,3-4,6-7,10-11H2,1-2H3,(H2,17,19). The maximum Gasteiger partial charge on any atom is 0.260 e. The first-order valence-corrected chi connectivity index (χ1v) is 9.85. The number of piperidine rings is 1. The van der Waals surface area contributed by atoms with Crippen molar-refractivity contribution in [3.8, 4) is 0 Å². The summed E-state index contributed by atoms with van der Waals surface area (Å²) < 4.78 is 26.8.